The van der Waals surface area contributed by atoms with Crippen LogP contribution in [-0.4, -0.2) is 26.0 Å². The highest BCUT2D eigenvalue weighted by atomic mass is 32.2. The molecular formula is C13H19FN2O2S2. The minimum absolute atomic E-state index is 0.182. The maximum Gasteiger partial charge on any atom is 0.243 e. The second kappa shape index (κ2) is 6.89. The summed E-state index contributed by atoms with van der Waals surface area (Å²) in [7, 11) is -3.82. The molecule has 1 aliphatic rings. The van der Waals surface area contributed by atoms with Gasteiger partial charge in [-0.15, -0.1) is 0 Å². The van der Waals surface area contributed by atoms with Crippen LogP contribution in [0, 0.1) is 5.82 Å². The zero-order chi connectivity index (χ0) is 14.6. The van der Waals surface area contributed by atoms with Crippen molar-refractivity contribution >= 4 is 21.8 Å². The minimum atomic E-state index is -3.82. The standard InChI is InChI=1S/C13H19FN2O2S2/c14-12-5-4-10(8-15)7-13(12)20(17,18)16-9-11-3-1-2-6-19-11/h4-5,7,11,16H,1-3,6,8-9,15H2. The topological polar surface area (TPSA) is 72.2 Å². The molecule has 0 amide bonds. The first-order chi connectivity index (χ1) is 9.53. The summed E-state index contributed by atoms with van der Waals surface area (Å²) in [6.45, 7) is 0.528. The predicted molar refractivity (Wildman–Crippen MR) is 79.6 cm³/mol. The lowest BCUT2D eigenvalue weighted by molar-refractivity contribution is 0.552. The van der Waals surface area contributed by atoms with Crippen molar-refractivity contribution < 1.29 is 12.8 Å². The molecule has 0 radical (unpaired) electrons. The fourth-order valence-electron chi connectivity index (χ4n) is 2.13. The van der Waals surface area contributed by atoms with Crippen molar-refractivity contribution in [3.05, 3.63) is 29.6 Å². The number of hydrogen-bond acceptors (Lipinski definition) is 4. The lowest BCUT2D eigenvalue weighted by atomic mass is 10.2. The zero-order valence-electron chi connectivity index (χ0n) is 11.1. The van der Waals surface area contributed by atoms with E-state index in [-0.39, 0.29) is 16.7 Å². The van der Waals surface area contributed by atoms with Gasteiger partial charge in [0.15, 0.2) is 0 Å². The number of rotatable bonds is 5. The van der Waals surface area contributed by atoms with Crippen LogP contribution in [-0.2, 0) is 16.6 Å². The Kier molecular flexibility index (Phi) is 5.42. The van der Waals surface area contributed by atoms with Crippen LogP contribution >= 0.6 is 11.8 Å². The van der Waals surface area contributed by atoms with Gasteiger partial charge in [-0.1, -0.05) is 12.5 Å². The number of halogens is 1. The number of nitrogens with two attached hydrogens (primary N) is 1. The summed E-state index contributed by atoms with van der Waals surface area (Å²) in [5.74, 6) is 0.314. The van der Waals surface area contributed by atoms with Gasteiger partial charge in [-0.2, -0.15) is 11.8 Å². The van der Waals surface area contributed by atoms with Gasteiger partial charge in [0.25, 0.3) is 0 Å². The fourth-order valence-corrected chi connectivity index (χ4v) is 4.68. The number of thioether (sulfide) groups is 1. The molecule has 1 aromatic carbocycles. The Bertz CT molecular complexity index is 557. The summed E-state index contributed by atoms with van der Waals surface area (Å²) >= 11 is 1.77. The van der Waals surface area contributed by atoms with Gasteiger partial charge >= 0.3 is 0 Å². The molecule has 0 aromatic heterocycles. The molecule has 3 N–H and O–H groups in total. The van der Waals surface area contributed by atoms with E-state index in [9.17, 15) is 12.8 Å². The summed E-state index contributed by atoms with van der Waals surface area (Å²) in [4.78, 5) is -0.318. The van der Waals surface area contributed by atoms with E-state index in [1.54, 1.807) is 11.8 Å². The molecule has 0 saturated carbocycles. The molecule has 0 bridgehead atoms. The molecule has 1 aliphatic heterocycles. The van der Waals surface area contributed by atoms with Crippen LogP contribution in [0.25, 0.3) is 0 Å². The Hall–Kier alpha value is -0.630. The van der Waals surface area contributed by atoms with E-state index in [2.05, 4.69) is 4.72 Å². The van der Waals surface area contributed by atoms with Crippen LogP contribution in [0.1, 0.15) is 24.8 Å². The molecule has 20 heavy (non-hydrogen) atoms. The van der Waals surface area contributed by atoms with Crippen molar-refractivity contribution in [2.75, 3.05) is 12.3 Å². The molecule has 1 aromatic rings. The Labute approximate surface area is 123 Å². The van der Waals surface area contributed by atoms with Crippen molar-refractivity contribution in [2.45, 2.75) is 36.0 Å². The van der Waals surface area contributed by atoms with E-state index >= 15 is 0 Å². The molecule has 2 rings (SSSR count). The van der Waals surface area contributed by atoms with Gasteiger partial charge in [-0.25, -0.2) is 17.5 Å². The normalized spacial score (nSPS) is 20.0. The smallest absolute Gasteiger partial charge is 0.243 e. The van der Waals surface area contributed by atoms with E-state index in [0.717, 1.165) is 24.7 Å². The highest BCUT2D eigenvalue weighted by Gasteiger charge is 2.22. The van der Waals surface area contributed by atoms with E-state index in [0.29, 0.717) is 12.1 Å². The van der Waals surface area contributed by atoms with Crippen LogP contribution in [0.3, 0.4) is 0 Å². The second-order valence-corrected chi connectivity index (χ2v) is 7.95. The Morgan fingerprint density at radius 3 is 2.85 bits per heavy atom. The molecule has 4 nitrogen and oxygen atoms in total. The van der Waals surface area contributed by atoms with Gasteiger partial charge in [0.2, 0.25) is 10.0 Å². The first kappa shape index (κ1) is 15.8. The van der Waals surface area contributed by atoms with E-state index < -0.39 is 15.8 Å². The molecule has 1 unspecified atom stereocenters. The zero-order valence-corrected chi connectivity index (χ0v) is 12.8. The molecule has 0 aliphatic carbocycles. The first-order valence-electron chi connectivity index (χ1n) is 6.62. The Balaban J connectivity index is 2.09. The summed E-state index contributed by atoms with van der Waals surface area (Å²) < 4.78 is 40.5. The van der Waals surface area contributed by atoms with Gasteiger partial charge in [-0.05, 0) is 36.3 Å². The summed E-state index contributed by atoms with van der Waals surface area (Å²) in [6, 6.07) is 3.93. The van der Waals surface area contributed by atoms with Gasteiger partial charge in [-0.3, -0.25) is 0 Å². The van der Waals surface area contributed by atoms with E-state index in [1.807, 2.05) is 0 Å². The maximum atomic E-state index is 13.7. The van der Waals surface area contributed by atoms with Crippen molar-refractivity contribution in [2.24, 2.45) is 5.73 Å². The number of nitrogens with one attached hydrogen (secondary N) is 1. The van der Waals surface area contributed by atoms with Gasteiger partial charge < -0.3 is 5.73 Å². The third kappa shape index (κ3) is 3.94. The molecule has 1 saturated heterocycles. The largest absolute Gasteiger partial charge is 0.326 e. The number of sulfonamides is 1. The molecule has 7 heteroatoms. The molecule has 1 atom stereocenters. The van der Waals surface area contributed by atoms with Crippen LogP contribution < -0.4 is 10.5 Å². The number of benzene rings is 1. The predicted octanol–water partition coefficient (Wildman–Crippen LogP) is 1.85. The van der Waals surface area contributed by atoms with Gasteiger partial charge in [0.05, 0.1) is 0 Å². The Morgan fingerprint density at radius 2 is 2.20 bits per heavy atom. The highest BCUT2D eigenvalue weighted by molar-refractivity contribution is 8.00. The van der Waals surface area contributed by atoms with Gasteiger partial charge in [0, 0.05) is 18.3 Å². The third-order valence-corrected chi connectivity index (χ3v) is 6.13. The van der Waals surface area contributed by atoms with E-state index in [1.165, 1.54) is 18.6 Å². The molecule has 112 valence electrons. The summed E-state index contributed by atoms with van der Waals surface area (Å²) in [5, 5.41) is 0.277. The first-order valence-corrected chi connectivity index (χ1v) is 9.16. The molecule has 0 spiro atoms. The summed E-state index contributed by atoms with van der Waals surface area (Å²) in [5.41, 5.74) is 6.06. The van der Waals surface area contributed by atoms with Crippen LogP contribution in [0.4, 0.5) is 4.39 Å². The molecular weight excluding hydrogens is 299 g/mol. The Morgan fingerprint density at radius 1 is 1.40 bits per heavy atom. The second-order valence-electron chi connectivity index (χ2n) is 4.81. The minimum Gasteiger partial charge on any atom is -0.326 e. The van der Waals surface area contributed by atoms with Crippen molar-refractivity contribution in [1.82, 2.24) is 4.72 Å². The van der Waals surface area contributed by atoms with Crippen molar-refractivity contribution in [3.63, 3.8) is 0 Å². The highest BCUT2D eigenvalue weighted by Crippen LogP contribution is 2.25. The SMILES string of the molecule is NCc1ccc(F)c(S(=O)(=O)NCC2CCCCS2)c1. The van der Waals surface area contributed by atoms with Crippen molar-refractivity contribution in [3.8, 4) is 0 Å². The fraction of sp³-hybridized carbons (Fsp3) is 0.538. The average Bonchev–Trinajstić information content (AvgIpc) is 2.47. The lowest BCUT2D eigenvalue weighted by Gasteiger charge is -2.21. The van der Waals surface area contributed by atoms with Crippen LogP contribution in [0.2, 0.25) is 0 Å². The van der Waals surface area contributed by atoms with Crippen LogP contribution in [0.15, 0.2) is 23.1 Å². The van der Waals surface area contributed by atoms with Gasteiger partial charge in [0.1, 0.15) is 10.7 Å². The van der Waals surface area contributed by atoms with Crippen molar-refractivity contribution in [1.29, 1.82) is 0 Å². The lowest BCUT2D eigenvalue weighted by Crippen LogP contribution is -2.32. The average molecular weight is 318 g/mol. The quantitative estimate of drug-likeness (QED) is 0.869. The summed E-state index contributed by atoms with van der Waals surface area (Å²) in [6.07, 6.45) is 3.30. The molecule has 1 fully saturated rings. The monoisotopic (exact) mass is 318 g/mol. The maximum absolute atomic E-state index is 13.7. The number of hydrogen-bond donors (Lipinski definition) is 2. The van der Waals surface area contributed by atoms with E-state index in [4.69, 9.17) is 5.73 Å². The third-order valence-electron chi connectivity index (χ3n) is 3.30. The molecule has 1 heterocycles. The van der Waals surface area contributed by atoms with Crippen LogP contribution in [0.5, 0.6) is 0 Å².